The molecule has 0 radical (unpaired) electrons. The van der Waals surface area contributed by atoms with Crippen LogP contribution in [0, 0.1) is 6.92 Å². The van der Waals surface area contributed by atoms with Gasteiger partial charge in [0.1, 0.15) is 0 Å². The fraction of sp³-hybridized carbons (Fsp3) is 0.250. The molecule has 0 aromatic heterocycles. The highest BCUT2D eigenvalue weighted by Gasteiger charge is 2.05. The van der Waals surface area contributed by atoms with Crippen molar-refractivity contribution in [2.45, 2.75) is 13.5 Å². The maximum atomic E-state index is 5.70. The third kappa shape index (κ3) is 3.34. The molecule has 0 unspecified atom stereocenters. The molecular formula is C16H20N2. The van der Waals surface area contributed by atoms with Crippen LogP contribution in [0.1, 0.15) is 11.1 Å². The number of aryl methyl sites for hydroxylation is 1. The van der Waals surface area contributed by atoms with Crippen LogP contribution in [0.3, 0.4) is 0 Å². The van der Waals surface area contributed by atoms with E-state index in [0.717, 1.165) is 13.1 Å². The Hall–Kier alpha value is -1.80. The summed E-state index contributed by atoms with van der Waals surface area (Å²) >= 11 is 0. The first-order chi connectivity index (χ1) is 8.79. The predicted molar refractivity (Wildman–Crippen MR) is 77.7 cm³/mol. The largest absolute Gasteiger partial charge is 0.366 e. The van der Waals surface area contributed by atoms with Crippen LogP contribution in [0.4, 0.5) is 5.69 Å². The summed E-state index contributed by atoms with van der Waals surface area (Å²) in [5.74, 6) is 0. The minimum Gasteiger partial charge on any atom is -0.366 e. The molecular weight excluding hydrogens is 220 g/mol. The second-order valence-corrected chi connectivity index (χ2v) is 4.53. The van der Waals surface area contributed by atoms with Crippen molar-refractivity contribution in [3.63, 3.8) is 0 Å². The molecule has 0 atom stereocenters. The van der Waals surface area contributed by atoms with E-state index in [-0.39, 0.29) is 0 Å². The van der Waals surface area contributed by atoms with Crippen LogP contribution in [-0.4, -0.2) is 13.1 Å². The van der Waals surface area contributed by atoms with Gasteiger partial charge in [0, 0.05) is 25.3 Å². The van der Waals surface area contributed by atoms with E-state index in [9.17, 15) is 0 Å². The van der Waals surface area contributed by atoms with Crippen molar-refractivity contribution in [3.8, 4) is 0 Å². The van der Waals surface area contributed by atoms with Gasteiger partial charge in [-0.15, -0.1) is 0 Å². The Balaban J connectivity index is 2.14. The van der Waals surface area contributed by atoms with Crippen molar-refractivity contribution in [1.82, 2.24) is 0 Å². The zero-order valence-corrected chi connectivity index (χ0v) is 10.8. The van der Waals surface area contributed by atoms with Gasteiger partial charge in [-0.05, 0) is 24.6 Å². The smallest absolute Gasteiger partial charge is 0.0430 e. The molecule has 0 heterocycles. The molecule has 0 aliphatic carbocycles. The van der Waals surface area contributed by atoms with Gasteiger partial charge in [-0.2, -0.15) is 0 Å². The molecule has 0 saturated heterocycles. The van der Waals surface area contributed by atoms with Crippen molar-refractivity contribution in [2.24, 2.45) is 5.73 Å². The van der Waals surface area contributed by atoms with Crippen molar-refractivity contribution in [3.05, 3.63) is 65.7 Å². The Morgan fingerprint density at radius 2 is 1.61 bits per heavy atom. The van der Waals surface area contributed by atoms with E-state index in [0.29, 0.717) is 6.54 Å². The summed E-state index contributed by atoms with van der Waals surface area (Å²) in [6.07, 6.45) is 0. The summed E-state index contributed by atoms with van der Waals surface area (Å²) in [5.41, 5.74) is 9.54. The summed E-state index contributed by atoms with van der Waals surface area (Å²) < 4.78 is 0. The molecule has 2 N–H and O–H groups in total. The normalized spacial score (nSPS) is 10.3. The fourth-order valence-corrected chi connectivity index (χ4v) is 2.01. The van der Waals surface area contributed by atoms with Crippen LogP contribution in [-0.2, 0) is 6.54 Å². The highest BCUT2D eigenvalue weighted by Crippen LogP contribution is 2.16. The third-order valence-electron chi connectivity index (χ3n) is 3.01. The average Bonchev–Trinajstić information content (AvgIpc) is 2.42. The van der Waals surface area contributed by atoms with Gasteiger partial charge < -0.3 is 10.6 Å². The zero-order chi connectivity index (χ0) is 12.8. The minimum absolute atomic E-state index is 0.667. The lowest BCUT2D eigenvalue weighted by atomic mass is 10.1. The zero-order valence-electron chi connectivity index (χ0n) is 10.8. The van der Waals surface area contributed by atoms with Gasteiger partial charge in [0.2, 0.25) is 0 Å². The molecule has 0 aliphatic rings. The van der Waals surface area contributed by atoms with Gasteiger partial charge in [-0.3, -0.25) is 0 Å². The first-order valence-electron chi connectivity index (χ1n) is 6.35. The first-order valence-corrected chi connectivity index (χ1v) is 6.35. The molecule has 0 fully saturated rings. The summed E-state index contributed by atoms with van der Waals surface area (Å²) in [6.45, 7) is 4.55. The van der Waals surface area contributed by atoms with Gasteiger partial charge in [-0.1, -0.05) is 48.0 Å². The topological polar surface area (TPSA) is 29.3 Å². The highest BCUT2D eigenvalue weighted by molar-refractivity contribution is 5.46. The Morgan fingerprint density at radius 1 is 0.944 bits per heavy atom. The van der Waals surface area contributed by atoms with Crippen molar-refractivity contribution < 1.29 is 0 Å². The summed E-state index contributed by atoms with van der Waals surface area (Å²) in [7, 11) is 0. The summed E-state index contributed by atoms with van der Waals surface area (Å²) in [6, 6.07) is 19.1. The molecule has 0 amide bonds. The molecule has 2 rings (SSSR count). The van der Waals surface area contributed by atoms with E-state index in [1.54, 1.807) is 0 Å². The fourth-order valence-electron chi connectivity index (χ4n) is 2.01. The molecule has 2 nitrogen and oxygen atoms in total. The Labute approximate surface area is 109 Å². The van der Waals surface area contributed by atoms with Gasteiger partial charge >= 0.3 is 0 Å². The SMILES string of the molecule is Cc1ccc(CN(CCN)c2ccccc2)cc1. The molecule has 2 aromatic carbocycles. The molecule has 18 heavy (non-hydrogen) atoms. The quantitative estimate of drug-likeness (QED) is 0.870. The van der Waals surface area contributed by atoms with E-state index in [1.165, 1.54) is 16.8 Å². The maximum absolute atomic E-state index is 5.70. The van der Waals surface area contributed by atoms with Crippen molar-refractivity contribution in [1.29, 1.82) is 0 Å². The van der Waals surface area contributed by atoms with E-state index in [4.69, 9.17) is 5.73 Å². The van der Waals surface area contributed by atoms with Crippen LogP contribution >= 0.6 is 0 Å². The lowest BCUT2D eigenvalue weighted by Gasteiger charge is -2.24. The number of nitrogens with zero attached hydrogens (tertiary/aromatic N) is 1. The third-order valence-corrected chi connectivity index (χ3v) is 3.01. The van der Waals surface area contributed by atoms with E-state index < -0.39 is 0 Å². The number of hydrogen-bond donors (Lipinski definition) is 1. The molecule has 0 saturated carbocycles. The molecule has 94 valence electrons. The predicted octanol–water partition coefficient (Wildman–Crippen LogP) is 2.96. The number of nitrogens with two attached hydrogens (primary N) is 1. The standard InChI is InChI=1S/C16H20N2/c1-14-7-9-15(10-8-14)13-18(12-11-17)16-5-3-2-4-6-16/h2-10H,11-13,17H2,1H3. The minimum atomic E-state index is 0.667. The van der Waals surface area contributed by atoms with Gasteiger partial charge in [0.05, 0.1) is 0 Å². The Morgan fingerprint density at radius 3 is 2.22 bits per heavy atom. The van der Waals surface area contributed by atoms with Crippen LogP contribution in [0.15, 0.2) is 54.6 Å². The first kappa shape index (κ1) is 12.7. The molecule has 2 aromatic rings. The van der Waals surface area contributed by atoms with Crippen molar-refractivity contribution >= 4 is 5.69 Å². The number of hydrogen-bond acceptors (Lipinski definition) is 2. The second kappa shape index (κ2) is 6.22. The van der Waals surface area contributed by atoms with E-state index in [2.05, 4.69) is 60.4 Å². The number of anilines is 1. The Kier molecular flexibility index (Phi) is 4.37. The monoisotopic (exact) mass is 240 g/mol. The molecule has 2 heteroatoms. The van der Waals surface area contributed by atoms with Gasteiger partial charge in [0.15, 0.2) is 0 Å². The summed E-state index contributed by atoms with van der Waals surface area (Å²) in [4.78, 5) is 2.31. The molecule has 0 aliphatic heterocycles. The van der Waals surface area contributed by atoms with E-state index >= 15 is 0 Å². The average molecular weight is 240 g/mol. The maximum Gasteiger partial charge on any atom is 0.0430 e. The lowest BCUT2D eigenvalue weighted by molar-refractivity contribution is 0.790. The van der Waals surface area contributed by atoms with Gasteiger partial charge in [-0.25, -0.2) is 0 Å². The number of benzene rings is 2. The van der Waals surface area contributed by atoms with Gasteiger partial charge in [0.25, 0.3) is 0 Å². The van der Waals surface area contributed by atoms with Crippen LogP contribution in [0.5, 0.6) is 0 Å². The van der Waals surface area contributed by atoms with Crippen LogP contribution < -0.4 is 10.6 Å². The number of para-hydroxylation sites is 1. The van der Waals surface area contributed by atoms with Crippen LogP contribution in [0.25, 0.3) is 0 Å². The molecule has 0 bridgehead atoms. The van der Waals surface area contributed by atoms with Crippen LogP contribution in [0.2, 0.25) is 0 Å². The summed E-state index contributed by atoms with van der Waals surface area (Å²) in [5, 5.41) is 0. The number of rotatable bonds is 5. The lowest BCUT2D eigenvalue weighted by Crippen LogP contribution is -2.28. The van der Waals surface area contributed by atoms with Crippen molar-refractivity contribution in [2.75, 3.05) is 18.0 Å². The van der Waals surface area contributed by atoms with E-state index in [1.807, 2.05) is 6.07 Å². The Bertz CT molecular complexity index is 462. The second-order valence-electron chi connectivity index (χ2n) is 4.53. The highest BCUT2D eigenvalue weighted by atomic mass is 15.1. The molecule has 0 spiro atoms.